The number of halogens is 2. The van der Waals surface area contributed by atoms with Crippen LogP contribution in [-0.2, 0) is 13.0 Å². The Kier molecular flexibility index (Phi) is 4.50. The molecule has 0 atom stereocenters. The van der Waals surface area contributed by atoms with Crippen molar-refractivity contribution in [3.8, 4) is 5.75 Å². The van der Waals surface area contributed by atoms with Gasteiger partial charge < -0.3 is 4.74 Å². The van der Waals surface area contributed by atoms with E-state index in [2.05, 4.69) is 4.98 Å². The lowest BCUT2D eigenvalue weighted by Gasteiger charge is -2.09. The maximum Gasteiger partial charge on any atom is 0.189 e. The second-order valence-electron chi connectivity index (χ2n) is 6.28. The number of allylic oxidation sites excluding steroid dienone is 1. The van der Waals surface area contributed by atoms with Gasteiger partial charge in [-0.25, -0.2) is 8.78 Å². The third kappa shape index (κ3) is 3.49. The Hall–Kier alpha value is -3.34. The molecule has 0 aliphatic heterocycles. The van der Waals surface area contributed by atoms with Crippen molar-refractivity contribution in [1.82, 2.24) is 4.98 Å². The Labute approximate surface area is 155 Å². The van der Waals surface area contributed by atoms with E-state index in [0.29, 0.717) is 23.5 Å². The van der Waals surface area contributed by atoms with E-state index in [0.717, 1.165) is 17.7 Å². The summed E-state index contributed by atoms with van der Waals surface area (Å²) in [6.07, 6.45) is 5.22. The van der Waals surface area contributed by atoms with Crippen molar-refractivity contribution in [2.45, 2.75) is 13.0 Å². The number of para-hydroxylation sites is 1. The molecule has 5 heteroatoms. The highest BCUT2D eigenvalue weighted by molar-refractivity contribution is 6.15. The number of fused-ring (bicyclic) bond motifs is 1. The average Bonchev–Trinajstić information content (AvgIpc) is 2.98. The largest absolute Gasteiger partial charge is 0.488 e. The first-order chi connectivity index (χ1) is 13.1. The number of hydrogen-bond acceptors (Lipinski definition) is 3. The van der Waals surface area contributed by atoms with Gasteiger partial charge in [0.05, 0.1) is 0 Å². The molecule has 1 aliphatic carbocycles. The number of ether oxygens (including phenoxy) is 1. The van der Waals surface area contributed by atoms with Crippen LogP contribution in [0.4, 0.5) is 8.78 Å². The molecule has 27 heavy (non-hydrogen) atoms. The molecular formula is C22H15F2NO2. The molecule has 0 N–H and O–H groups in total. The smallest absolute Gasteiger partial charge is 0.189 e. The fraction of sp³-hybridized carbons (Fsp3) is 0.0909. The zero-order chi connectivity index (χ0) is 18.8. The number of carbonyl (C=O) groups excluding carboxylic acids is 1. The summed E-state index contributed by atoms with van der Waals surface area (Å²) in [7, 11) is 0. The van der Waals surface area contributed by atoms with Crippen LogP contribution in [0, 0.1) is 11.6 Å². The van der Waals surface area contributed by atoms with Gasteiger partial charge in [-0.05, 0) is 24.3 Å². The summed E-state index contributed by atoms with van der Waals surface area (Å²) >= 11 is 0. The van der Waals surface area contributed by atoms with Gasteiger partial charge in [0.2, 0.25) is 0 Å². The second-order valence-corrected chi connectivity index (χ2v) is 6.28. The summed E-state index contributed by atoms with van der Waals surface area (Å²) in [4.78, 5) is 16.6. The van der Waals surface area contributed by atoms with Crippen LogP contribution >= 0.6 is 0 Å². The van der Waals surface area contributed by atoms with Crippen molar-refractivity contribution < 1.29 is 18.3 Å². The fourth-order valence-corrected chi connectivity index (χ4v) is 3.11. The molecular weight excluding hydrogens is 348 g/mol. The number of aromatic nitrogens is 1. The number of ketones is 1. The maximum atomic E-state index is 14.0. The zero-order valence-electron chi connectivity index (χ0n) is 14.3. The summed E-state index contributed by atoms with van der Waals surface area (Å²) in [5.74, 6) is -1.20. The van der Waals surface area contributed by atoms with Crippen molar-refractivity contribution in [3.63, 3.8) is 0 Å². The van der Waals surface area contributed by atoms with Gasteiger partial charge >= 0.3 is 0 Å². The maximum absolute atomic E-state index is 14.0. The van der Waals surface area contributed by atoms with Gasteiger partial charge in [0.25, 0.3) is 0 Å². The van der Waals surface area contributed by atoms with Crippen LogP contribution in [0.1, 0.15) is 27.0 Å². The lowest BCUT2D eigenvalue weighted by atomic mass is 10.1. The van der Waals surface area contributed by atoms with Gasteiger partial charge in [0.15, 0.2) is 5.78 Å². The zero-order valence-corrected chi connectivity index (χ0v) is 14.3. The molecule has 0 radical (unpaired) electrons. The summed E-state index contributed by atoms with van der Waals surface area (Å²) in [5.41, 5.74) is 2.36. The van der Waals surface area contributed by atoms with Crippen LogP contribution in [0.25, 0.3) is 6.08 Å². The number of hydrogen-bond donors (Lipinski definition) is 0. The van der Waals surface area contributed by atoms with Crippen LogP contribution < -0.4 is 4.74 Å². The van der Waals surface area contributed by atoms with Crippen LogP contribution in [0.2, 0.25) is 0 Å². The van der Waals surface area contributed by atoms with Crippen molar-refractivity contribution in [2.75, 3.05) is 0 Å². The van der Waals surface area contributed by atoms with E-state index in [1.165, 1.54) is 0 Å². The Morgan fingerprint density at radius 2 is 1.96 bits per heavy atom. The summed E-state index contributed by atoms with van der Waals surface area (Å²) in [6.45, 7) is 0.335. The standard InChI is InChI=1S/C22H15F2NO2/c23-17-10-19-18(20(24)11-17)9-16(22(19)26)8-15-5-1-2-6-21(15)27-13-14-4-3-7-25-12-14/h1-8,10-12H,9,13H2/b16-8-. The van der Waals surface area contributed by atoms with E-state index in [9.17, 15) is 13.6 Å². The van der Waals surface area contributed by atoms with E-state index in [-0.39, 0.29) is 23.3 Å². The summed E-state index contributed by atoms with van der Waals surface area (Å²) in [5, 5.41) is 0. The van der Waals surface area contributed by atoms with Gasteiger partial charge in [0, 0.05) is 52.7 Å². The Bertz CT molecular complexity index is 1050. The molecule has 1 heterocycles. The van der Waals surface area contributed by atoms with Gasteiger partial charge in [-0.1, -0.05) is 24.3 Å². The van der Waals surface area contributed by atoms with Crippen molar-refractivity contribution in [2.24, 2.45) is 0 Å². The highest BCUT2D eigenvalue weighted by atomic mass is 19.1. The molecule has 1 aliphatic rings. The van der Waals surface area contributed by atoms with Crippen molar-refractivity contribution >= 4 is 11.9 Å². The SMILES string of the molecule is O=C1/C(=C\c2ccccc2OCc2cccnc2)Cc2c(F)cc(F)cc21. The summed E-state index contributed by atoms with van der Waals surface area (Å²) < 4.78 is 33.3. The molecule has 0 bridgehead atoms. The highest BCUT2D eigenvalue weighted by Crippen LogP contribution is 2.32. The van der Waals surface area contributed by atoms with Gasteiger partial charge in [-0.3, -0.25) is 9.78 Å². The minimum atomic E-state index is -0.749. The van der Waals surface area contributed by atoms with Gasteiger partial charge in [-0.15, -0.1) is 0 Å². The predicted octanol–water partition coefficient (Wildman–Crippen LogP) is 4.76. The molecule has 0 unspecified atom stereocenters. The monoisotopic (exact) mass is 363 g/mol. The molecule has 4 rings (SSSR count). The first-order valence-electron chi connectivity index (χ1n) is 8.46. The molecule has 134 valence electrons. The summed E-state index contributed by atoms with van der Waals surface area (Å²) in [6, 6.07) is 12.9. The molecule has 0 amide bonds. The van der Waals surface area contributed by atoms with Crippen molar-refractivity contribution in [3.05, 3.63) is 100 Å². The number of rotatable bonds is 4. The lowest BCUT2D eigenvalue weighted by Crippen LogP contribution is -1.99. The number of Topliss-reactive ketones (excluding diaryl/α,β-unsaturated/α-hetero) is 1. The highest BCUT2D eigenvalue weighted by Gasteiger charge is 2.28. The minimum absolute atomic E-state index is 0.0903. The first kappa shape index (κ1) is 17.1. The number of nitrogens with zero attached hydrogens (tertiary/aromatic N) is 1. The predicted molar refractivity (Wildman–Crippen MR) is 97.4 cm³/mol. The number of pyridine rings is 1. The normalized spacial score (nSPS) is 14.4. The van der Waals surface area contributed by atoms with Crippen molar-refractivity contribution in [1.29, 1.82) is 0 Å². The molecule has 0 saturated carbocycles. The van der Waals surface area contributed by atoms with Gasteiger partial charge in [0.1, 0.15) is 24.0 Å². The second kappa shape index (κ2) is 7.11. The Balaban J connectivity index is 1.62. The number of carbonyl (C=O) groups is 1. The van der Waals surface area contributed by atoms with E-state index < -0.39 is 11.6 Å². The van der Waals surface area contributed by atoms with E-state index in [4.69, 9.17) is 4.74 Å². The van der Waals surface area contributed by atoms with Crippen LogP contribution in [0.5, 0.6) is 5.75 Å². The van der Waals surface area contributed by atoms with E-state index in [1.54, 1.807) is 24.5 Å². The molecule has 0 fully saturated rings. The third-order valence-corrected chi connectivity index (χ3v) is 4.43. The fourth-order valence-electron chi connectivity index (χ4n) is 3.11. The first-order valence-corrected chi connectivity index (χ1v) is 8.46. The van der Waals surface area contributed by atoms with Crippen LogP contribution in [-0.4, -0.2) is 10.8 Å². The van der Waals surface area contributed by atoms with E-state index >= 15 is 0 Å². The van der Waals surface area contributed by atoms with Crippen LogP contribution in [0.15, 0.2) is 66.5 Å². The number of benzene rings is 2. The third-order valence-electron chi connectivity index (χ3n) is 4.43. The Morgan fingerprint density at radius 1 is 1.11 bits per heavy atom. The molecule has 3 aromatic rings. The Morgan fingerprint density at radius 3 is 2.78 bits per heavy atom. The lowest BCUT2D eigenvalue weighted by molar-refractivity contribution is 0.104. The topological polar surface area (TPSA) is 39.2 Å². The minimum Gasteiger partial charge on any atom is -0.488 e. The molecule has 3 nitrogen and oxygen atoms in total. The van der Waals surface area contributed by atoms with E-state index in [1.807, 2.05) is 30.3 Å². The van der Waals surface area contributed by atoms with Crippen LogP contribution in [0.3, 0.4) is 0 Å². The molecule has 1 aromatic heterocycles. The molecule has 0 spiro atoms. The molecule has 0 saturated heterocycles. The average molecular weight is 363 g/mol. The van der Waals surface area contributed by atoms with Gasteiger partial charge in [-0.2, -0.15) is 0 Å². The molecule has 2 aromatic carbocycles. The quantitative estimate of drug-likeness (QED) is 0.628.